The van der Waals surface area contributed by atoms with Gasteiger partial charge in [0.05, 0.1) is 22.8 Å². The average molecular weight is 260 g/mol. The number of nitro groups is 1. The highest BCUT2D eigenvalue weighted by atomic mass is 16.6. The zero-order valence-electron chi connectivity index (χ0n) is 10.3. The summed E-state index contributed by atoms with van der Waals surface area (Å²) in [6.45, 7) is 2.03. The van der Waals surface area contributed by atoms with Crippen molar-refractivity contribution in [2.45, 2.75) is 6.92 Å². The van der Waals surface area contributed by atoms with Gasteiger partial charge in [-0.1, -0.05) is 0 Å². The van der Waals surface area contributed by atoms with E-state index in [4.69, 9.17) is 4.74 Å². The third kappa shape index (κ3) is 2.62. The molecule has 0 saturated carbocycles. The maximum absolute atomic E-state index is 11.7. The third-order valence-electron chi connectivity index (χ3n) is 2.61. The molecular formula is C13H12N2O4. The molecule has 0 spiro atoms. The molecular weight excluding hydrogens is 248 g/mol. The molecule has 0 radical (unpaired) electrons. The smallest absolute Gasteiger partial charge is 0.340 e. The van der Waals surface area contributed by atoms with E-state index in [0.717, 1.165) is 0 Å². The number of aromatic amines is 1. The normalized spacial score (nSPS) is 10.2. The summed E-state index contributed by atoms with van der Waals surface area (Å²) in [6.07, 6.45) is 1.63. The van der Waals surface area contributed by atoms with Gasteiger partial charge in [-0.25, -0.2) is 4.79 Å². The zero-order valence-corrected chi connectivity index (χ0v) is 10.3. The Bertz CT molecular complexity index is 601. The van der Waals surface area contributed by atoms with Crippen LogP contribution in [0.15, 0.2) is 36.5 Å². The fourth-order valence-corrected chi connectivity index (χ4v) is 1.74. The van der Waals surface area contributed by atoms with Crippen LogP contribution in [0.4, 0.5) is 5.69 Å². The molecule has 1 heterocycles. The van der Waals surface area contributed by atoms with E-state index in [1.54, 1.807) is 31.3 Å². The zero-order chi connectivity index (χ0) is 13.8. The highest BCUT2D eigenvalue weighted by Crippen LogP contribution is 2.24. The van der Waals surface area contributed by atoms with Gasteiger partial charge in [-0.15, -0.1) is 0 Å². The molecule has 0 saturated heterocycles. The minimum absolute atomic E-state index is 0.00740. The number of nitrogens with zero attached hydrogens (tertiary/aromatic N) is 1. The van der Waals surface area contributed by atoms with Crippen LogP contribution in [0.2, 0.25) is 0 Å². The van der Waals surface area contributed by atoms with Gasteiger partial charge in [-0.2, -0.15) is 0 Å². The fourth-order valence-electron chi connectivity index (χ4n) is 1.74. The van der Waals surface area contributed by atoms with Crippen LogP contribution in [-0.2, 0) is 4.74 Å². The van der Waals surface area contributed by atoms with Crippen molar-refractivity contribution in [3.05, 3.63) is 52.2 Å². The quantitative estimate of drug-likeness (QED) is 0.520. The summed E-state index contributed by atoms with van der Waals surface area (Å²) in [5.41, 5.74) is 1.70. The maximum Gasteiger partial charge on any atom is 0.340 e. The topological polar surface area (TPSA) is 85.2 Å². The van der Waals surface area contributed by atoms with Gasteiger partial charge >= 0.3 is 5.97 Å². The number of benzene rings is 1. The van der Waals surface area contributed by atoms with E-state index < -0.39 is 10.9 Å². The summed E-state index contributed by atoms with van der Waals surface area (Å²) < 4.78 is 4.94. The van der Waals surface area contributed by atoms with Gasteiger partial charge in [-0.3, -0.25) is 10.1 Å². The molecule has 0 bridgehead atoms. The number of esters is 1. The Hall–Kier alpha value is -2.63. The van der Waals surface area contributed by atoms with E-state index in [1.165, 1.54) is 12.1 Å². The summed E-state index contributed by atoms with van der Waals surface area (Å²) >= 11 is 0. The number of carbonyl (C=O) groups is 1. The Morgan fingerprint density at radius 2 is 2.00 bits per heavy atom. The molecule has 0 atom stereocenters. The summed E-state index contributed by atoms with van der Waals surface area (Å²) in [5, 5.41) is 10.6. The predicted octanol–water partition coefficient (Wildman–Crippen LogP) is 2.77. The molecule has 2 rings (SSSR count). The molecule has 1 aromatic carbocycles. The van der Waals surface area contributed by atoms with Crippen LogP contribution in [0.25, 0.3) is 11.3 Å². The van der Waals surface area contributed by atoms with Crippen molar-refractivity contribution in [2.24, 2.45) is 0 Å². The number of carbonyl (C=O) groups excluding carboxylic acids is 1. The highest BCUT2D eigenvalue weighted by molar-refractivity contribution is 5.96. The van der Waals surface area contributed by atoms with Crippen molar-refractivity contribution in [1.29, 1.82) is 0 Å². The monoisotopic (exact) mass is 260 g/mol. The first kappa shape index (κ1) is 12.8. The van der Waals surface area contributed by atoms with Gasteiger partial charge in [0.15, 0.2) is 0 Å². The van der Waals surface area contributed by atoms with E-state index in [0.29, 0.717) is 23.4 Å². The number of hydrogen-bond acceptors (Lipinski definition) is 4. The van der Waals surface area contributed by atoms with Gasteiger partial charge in [-0.05, 0) is 30.7 Å². The Morgan fingerprint density at radius 1 is 1.32 bits per heavy atom. The third-order valence-corrected chi connectivity index (χ3v) is 2.61. The van der Waals surface area contributed by atoms with Gasteiger partial charge in [0.1, 0.15) is 0 Å². The fraction of sp³-hybridized carbons (Fsp3) is 0.154. The van der Waals surface area contributed by atoms with E-state index >= 15 is 0 Å². The molecule has 1 N–H and O–H groups in total. The standard InChI is InChI=1S/C13H12N2O4/c1-2-19-13(16)11-7-8-14-12(11)9-3-5-10(6-4-9)15(17)18/h3-8,14H,2H2,1H3. The number of non-ortho nitro benzene ring substituents is 1. The van der Waals surface area contributed by atoms with E-state index in [2.05, 4.69) is 4.98 Å². The van der Waals surface area contributed by atoms with Crippen molar-refractivity contribution >= 4 is 11.7 Å². The Balaban J connectivity index is 2.34. The van der Waals surface area contributed by atoms with Gasteiger partial charge in [0.2, 0.25) is 0 Å². The van der Waals surface area contributed by atoms with Crippen molar-refractivity contribution < 1.29 is 14.5 Å². The van der Waals surface area contributed by atoms with Crippen LogP contribution in [-0.4, -0.2) is 22.5 Å². The van der Waals surface area contributed by atoms with Crippen molar-refractivity contribution in [3.8, 4) is 11.3 Å². The molecule has 6 heteroatoms. The Morgan fingerprint density at radius 3 is 2.58 bits per heavy atom. The lowest BCUT2D eigenvalue weighted by molar-refractivity contribution is -0.384. The molecule has 0 aliphatic rings. The van der Waals surface area contributed by atoms with Gasteiger partial charge in [0.25, 0.3) is 5.69 Å². The summed E-state index contributed by atoms with van der Waals surface area (Å²) in [4.78, 5) is 24.8. The Labute approximate surface area is 109 Å². The summed E-state index contributed by atoms with van der Waals surface area (Å²) in [6, 6.07) is 7.59. The number of rotatable bonds is 4. The second-order valence-electron chi connectivity index (χ2n) is 3.79. The lowest BCUT2D eigenvalue weighted by Crippen LogP contribution is -2.04. The van der Waals surface area contributed by atoms with Crippen LogP contribution in [0.1, 0.15) is 17.3 Å². The van der Waals surface area contributed by atoms with Crippen molar-refractivity contribution in [2.75, 3.05) is 6.61 Å². The molecule has 6 nitrogen and oxygen atoms in total. The highest BCUT2D eigenvalue weighted by Gasteiger charge is 2.15. The number of aromatic nitrogens is 1. The number of nitrogens with one attached hydrogen (secondary N) is 1. The number of nitro benzene ring substituents is 1. The molecule has 0 amide bonds. The average Bonchev–Trinajstić information content (AvgIpc) is 2.88. The molecule has 2 aromatic rings. The second-order valence-corrected chi connectivity index (χ2v) is 3.79. The second kappa shape index (κ2) is 5.34. The largest absolute Gasteiger partial charge is 0.462 e. The van der Waals surface area contributed by atoms with Crippen molar-refractivity contribution in [3.63, 3.8) is 0 Å². The first-order valence-corrected chi connectivity index (χ1v) is 5.72. The molecule has 0 unspecified atom stereocenters. The van der Waals surface area contributed by atoms with Gasteiger partial charge in [0, 0.05) is 18.3 Å². The molecule has 0 aliphatic carbocycles. The van der Waals surface area contributed by atoms with Crippen LogP contribution in [0, 0.1) is 10.1 Å². The number of hydrogen-bond donors (Lipinski definition) is 1. The first-order chi connectivity index (χ1) is 9.13. The molecule has 19 heavy (non-hydrogen) atoms. The van der Waals surface area contributed by atoms with Crippen molar-refractivity contribution in [1.82, 2.24) is 4.98 Å². The predicted molar refractivity (Wildman–Crippen MR) is 68.8 cm³/mol. The Kier molecular flexibility index (Phi) is 3.61. The number of ether oxygens (including phenoxy) is 1. The van der Waals surface area contributed by atoms with Crippen LogP contribution >= 0.6 is 0 Å². The van der Waals surface area contributed by atoms with Gasteiger partial charge < -0.3 is 9.72 Å². The summed E-state index contributed by atoms with van der Waals surface area (Å²) in [5.74, 6) is -0.419. The maximum atomic E-state index is 11.7. The molecule has 98 valence electrons. The minimum Gasteiger partial charge on any atom is -0.462 e. The van der Waals surface area contributed by atoms with E-state index in [-0.39, 0.29) is 5.69 Å². The minimum atomic E-state index is -0.468. The first-order valence-electron chi connectivity index (χ1n) is 5.72. The molecule has 0 aliphatic heterocycles. The SMILES string of the molecule is CCOC(=O)c1cc[nH]c1-c1ccc([N+](=O)[O-])cc1. The van der Waals surface area contributed by atoms with Crippen LogP contribution in [0.5, 0.6) is 0 Å². The van der Waals surface area contributed by atoms with E-state index in [1.807, 2.05) is 0 Å². The molecule has 1 aromatic heterocycles. The van der Waals surface area contributed by atoms with Crippen LogP contribution < -0.4 is 0 Å². The lowest BCUT2D eigenvalue weighted by Gasteiger charge is -2.04. The lowest BCUT2D eigenvalue weighted by atomic mass is 10.1. The van der Waals surface area contributed by atoms with E-state index in [9.17, 15) is 14.9 Å². The molecule has 0 fully saturated rings. The number of H-pyrrole nitrogens is 1. The summed E-state index contributed by atoms with van der Waals surface area (Å²) in [7, 11) is 0. The van der Waals surface area contributed by atoms with Crippen LogP contribution in [0.3, 0.4) is 0 Å².